The molecule has 3 aliphatic rings. The number of fused-ring (bicyclic) bond motifs is 1. The van der Waals surface area contributed by atoms with Crippen molar-refractivity contribution in [2.75, 3.05) is 11.5 Å². The Hall–Kier alpha value is -3.45. The minimum atomic E-state index is -1.42. The number of oxime groups is 1. The van der Waals surface area contributed by atoms with E-state index in [1.165, 1.54) is 16.7 Å². The number of hydrogen-bond acceptors (Lipinski definition) is 10. The summed E-state index contributed by atoms with van der Waals surface area (Å²) in [5.74, 6) is -2.22. The summed E-state index contributed by atoms with van der Waals surface area (Å²) in [6.07, 6.45) is 5.40. The molecule has 2 aromatic heterocycles. The van der Waals surface area contributed by atoms with Gasteiger partial charge in [0.15, 0.2) is 29.8 Å². The summed E-state index contributed by atoms with van der Waals surface area (Å²) in [7, 11) is 0. The first kappa shape index (κ1) is 23.3. The van der Waals surface area contributed by atoms with Gasteiger partial charge in [0.25, 0.3) is 11.8 Å². The first-order chi connectivity index (χ1) is 16.8. The molecule has 0 unspecified atom stereocenters. The van der Waals surface area contributed by atoms with Crippen molar-refractivity contribution in [2.45, 2.75) is 43.8 Å². The van der Waals surface area contributed by atoms with E-state index in [2.05, 4.69) is 15.5 Å². The van der Waals surface area contributed by atoms with Crippen LogP contribution in [0.3, 0.4) is 0 Å². The van der Waals surface area contributed by atoms with E-state index in [4.69, 9.17) is 10.6 Å². The third-order valence-corrected chi connectivity index (χ3v) is 7.72. The molecule has 1 aliphatic carbocycles. The maximum absolute atomic E-state index is 13.0. The number of nitrogen functional groups attached to an aromatic ring is 1. The molecule has 1 saturated carbocycles. The molecule has 35 heavy (non-hydrogen) atoms. The number of carboxylic acid groups (broad SMARTS) is 1. The van der Waals surface area contributed by atoms with Gasteiger partial charge in [0.2, 0.25) is 0 Å². The van der Waals surface area contributed by atoms with E-state index in [1.807, 2.05) is 36.0 Å². The fraction of sp³-hybridized carbons (Fsp3) is 0.364. The van der Waals surface area contributed by atoms with Crippen molar-refractivity contribution < 1.29 is 28.9 Å². The maximum Gasteiger partial charge on any atom is 0.276 e. The van der Waals surface area contributed by atoms with Crippen LogP contribution < -0.4 is 20.7 Å². The number of aryl methyl sites for hydroxylation is 1. The highest BCUT2D eigenvalue weighted by Gasteiger charge is 2.53. The largest absolute Gasteiger partial charge is 0.543 e. The van der Waals surface area contributed by atoms with Gasteiger partial charge in [0.1, 0.15) is 23.2 Å². The van der Waals surface area contributed by atoms with Gasteiger partial charge in [-0.15, -0.1) is 23.1 Å². The Morgan fingerprint density at radius 1 is 1.43 bits per heavy atom. The number of rotatable bonds is 8. The fourth-order valence-electron chi connectivity index (χ4n) is 3.88. The van der Waals surface area contributed by atoms with E-state index in [9.17, 15) is 19.5 Å². The number of anilines is 1. The molecule has 13 heteroatoms. The van der Waals surface area contributed by atoms with E-state index in [-0.39, 0.29) is 28.3 Å². The molecule has 0 radical (unpaired) electrons. The van der Waals surface area contributed by atoms with Crippen molar-refractivity contribution in [3.05, 3.63) is 52.4 Å². The lowest BCUT2D eigenvalue weighted by Gasteiger charge is -2.50. The minimum absolute atomic E-state index is 0.0380. The predicted octanol–water partition coefficient (Wildman–Crippen LogP) is -0.692. The highest BCUT2D eigenvalue weighted by Crippen LogP contribution is 2.40. The maximum atomic E-state index is 13.0. The Bertz CT molecular complexity index is 1270. The van der Waals surface area contributed by atoms with Crippen LogP contribution in [0.25, 0.3) is 0 Å². The summed E-state index contributed by atoms with van der Waals surface area (Å²) in [6.45, 7) is 2.25. The van der Waals surface area contributed by atoms with Crippen LogP contribution in [-0.4, -0.2) is 56.7 Å². The lowest BCUT2D eigenvalue weighted by atomic mass is 10.0. The number of nitrogens with two attached hydrogens (primary N) is 1. The lowest BCUT2D eigenvalue weighted by molar-refractivity contribution is -0.689. The lowest BCUT2D eigenvalue weighted by Crippen LogP contribution is -2.71. The van der Waals surface area contributed by atoms with Gasteiger partial charge in [-0.1, -0.05) is 5.16 Å². The predicted molar refractivity (Wildman–Crippen MR) is 126 cm³/mol. The van der Waals surface area contributed by atoms with Crippen LogP contribution in [0, 0.1) is 6.92 Å². The van der Waals surface area contributed by atoms with Gasteiger partial charge in [-0.25, -0.2) is 9.55 Å². The molecule has 182 valence electrons. The summed E-state index contributed by atoms with van der Waals surface area (Å²) in [5.41, 5.74) is 7.32. The monoisotopic (exact) mass is 514 g/mol. The number of hydrogen-bond donors (Lipinski definition) is 2. The number of β-lactam (4-membered cyclic amide) rings is 1. The first-order valence-electron chi connectivity index (χ1n) is 10.9. The zero-order valence-electron chi connectivity index (χ0n) is 18.7. The topological polar surface area (TPSA) is 154 Å². The van der Waals surface area contributed by atoms with Gasteiger partial charge in [0, 0.05) is 28.3 Å². The zero-order chi connectivity index (χ0) is 24.7. The number of thiazole rings is 1. The van der Waals surface area contributed by atoms with Crippen LogP contribution in [0.2, 0.25) is 0 Å². The van der Waals surface area contributed by atoms with Crippen LogP contribution >= 0.6 is 23.1 Å². The van der Waals surface area contributed by atoms with E-state index in [0.717, 1.165) is 29.7 Å². The second-order valence-corrected chi connectivity index (χ2v) is 10.5. The third-order valence-electron chi connectivity index (χ3n) is 5.70. The number of aromatic nitrogens is 2. The van der Waals surface area contributed by atoms with Crippen molar-refractivity contribution >= 4 is 51.7 Å². The normalized spacial score (nSPS) is 21.9. The average molecular weight is 515 g/mol. The average Bonchev–Trinajstić information content (AvgIpc) is 3.55. The molecule has 2 aromatic rings. The number of nitrogens with zero attached hydrogens (tertiary/aromatic N) is 4. The fourth-order valence-corrected chi connectivity index (χ4v) is 5.76. The second-order valence-electron chi connectivity index (χ2n) is 8.47. The van der Waals surface area contributed by atoms with Gasteiger partial charge in [0.05, 0.1) is 11.7 Å². The summed E-state index contributed by atoms with van der Waals surface area (Å²) in [4.78, 5) is 48.7. The second kappa shape index (κ2) is 9.30. The van der Waals surface area contributed by atoms with Crippen molar-refractivity contribution in [3.63, 3.8) is 0 Å². The number of carbonyl (C=O) groups excluding carboxylic acids is 3. The van der Waals surface area contributed by atoms with Crippen molar-refractivity contribution in [2.24, 2.45) is 5.16 Å². The molecule has 0 aromatic carbocycles. The Labute approximate surface area is 208 Å². The number of carboxylic acids is 1. The van der Waals surface area contributed by atoms with Crippen LogP contribution in [0.1, 0.15) is 24.1 Å². The molecule has 2 amide bonds. The van der Waals surface area contributed by atoms with E-state index in [0.29, 0.717) is 17.9 Å². The molecular formula is C22H22N6O5S2. The molecule has 2 atom stereocenters. The van der Waals surface area contributed by atoms with Gasteiger partial charge in [-0.2, -0.15) is 0 Å². The van der Waals surface area contributed by atoms with Gasteiger partial charge in [-0.05, 0) is 25.8 Å². The van der Waals surface area contributed by atoms with Crippen molar-refractivity contribution in [1.29, 1.82) is 0 Å². The Balaban J connectivity index is 1.34. The molecule has 0 bridgehead atoms. The molecule has 3 N–H and O–H groups in total. The van der Waals surface area contributed by atoms with Crippen LogP contribution in [-0.2, 0) is 25.8 Å². The molecule has 1 saturated heterocycles. The van der Waals surface area contributed by atoms with Crippen molar-refractivity contribution in [3.8, 4) is 0 Å². The van der Waals surface area contributed by atoms with Gasteiger partial charge in [-0.3, -0.25) is 14.5 Å². The molecule has 4 heterocycles. The third kappa shape index (κ3) is 4.73. The van der Waals surface area contributed by atoms with Gasteiger partial charge >= 0.3 is 0 Å². The van der Waals surface area contributed by atoms with Gasteiger partial charge < -0.3 is 25.8 Å². The Morgan fingerprint density at radius 3 is 2.89 bits per heavy atom. The number of nitrogens with one attached hydrogen (secondary N) is 1. The minimum Gasteiger partial charge on any atom is -0.543 e. The smallest absolute Gasteiger partial charge is 0.276 e. The van der Waals surface area contributed by atoms with Crippen LogP contribution in [0.4, 0.5) is 5.13 Å². The molecule has 2 fully saturated rings. The molecule has 0 spiro atoms. The van der Waals surface area contributed by atoms with Crippen LogP contribution in [0.15, 0.2) is 46.3 Å². The van der Waals surface area contributed by atoms with E-state index in [1.54, 1.807) is 5.38 Å². The highest BCUT2D eigenvalue weighted by molar-refractivity contribution is 8.00. The number of carbonyl (C=O) groups is 3. The number of pyridine rings is 1. The highest BCUT2D eigenvalue weighted by atomic mass is 32.2. The number of thioether (sulfide) groups is 1. The van der Waals surface area contributed by atoms with E-state index < -0.39 is 29.2 Å². The summed E-state index contributed by atoms with van der Waals surface area (Å²) >= 11 is 2.54. The molecule has 11 nitrogen and oxygen atoms in total. The summed E-state index contributed by atoms with van der Waals surface area (Å²) in [5, 5.41) is 19.9. The Morgan fingerprint density at radius 2 is 2.23 bits per heavy atom. The molecule has 5 rings (SSSR count). The number of amides is 2. The standard InChI is InChI=1S/C22H22N6O5S2/c1-11-3-2-6-27(7-11)8-12-9-34-20-16(19(30)28(20)17(12)21(31)32)25-18(29)15(26-33-13-4-5-13)14-10-35-22(23)24-14/h2-3,6-7,10,13,16,20H,4-5,8-9H2,1H3,(H3-,23,24,25,29,31,32)/t16-,20+/m1/s1. The SMILES string of the molecule is Cc1ccc[n+](CC2=C(C(=O)[O-])N3C(=O)[C@@H](NC(=O)C(=NOC4CC4)c4csc(N)n4)[C@@H]3SC2)c1. The molecule has 2 aliphatic heterocycles. The first-order valence-corrected chi connectivity index (χ1v) is 12.8. The Kier molecular flexibility index (Phi) is 6.19. The number of aliphatic carboxylic acids is 1. The van der Waals surface area contributed by atoms with Crippen LogP contribution in [0.5, 0.6) is 0 Å². The van der Waals surface area contributed by atoms with Crippen molar-refractivity contribution in [1.82, 2.24) is 15.2 Å². The summed E-state index contributed by atoms with van der Waals surface area (Å²) in [6, 6.07) is 2.89. The quantitative estimate of drug-likeness (QED) is 0.203. The van der Waals surface area contributed by atoms with E-state index >= 15 is 0 Å². The summed E-state index contributed by atoms with van der Waals surface area (Å²) < 4.78 is 1.86. The zero-order valence-corrected chi connectivity index (χ0v) is 20.3. The molecular weight excluding hydrogens is 492 g/mol.